The number of halogens is 2. The Labute approximate surface area is 58.2 Å². The molecule has 0 aromatic heterocycles. The lowest BCUT2D eigenvalue weighted by Gasteiger charge is -1.93. The topological polar surface area (TPSA) is 37.3 Å². The molecule has 0 aliphatic rings. The summed E-state index contributed by atoms with van der Waals surface area (Å²) in [5.41, 5.74) is 0. The van der Waals surface area contributed by atoms with E-state index in [-0.39, 0.29) is 0 Å². The number of carbonyl (C=O) groups is 1. The first kappa shape index (κ1) is 7.43. The van der Waals surface area contributed by atoms with E-state index < -0.39 is 10.8 Å². The molecule has 0 aliphatic carbocycles. The van der Waals surface area contributed by atoms with Crippen molar-refractivity contribution in [2.24, 2.45) is 0 Å². The maximum Gasteiger partial charge on any atom is 0.318 e. The summed E-state index contributed by atoms with van der Waals surface area (Å²) in [5.74, 6) is -0.836. The number of hydrogen-bond acceptors (Lipinski definition) is 1. The lowest BCUT2D eigenvalue weighted by Crippen LogP contribution is -2.12. The zero-order chi connectivity index (χ0) is 5.86. The van der Waals surface area contributed by atoms with Crippen molar-refractivity contribution in [3.63, 3.8) is 0 Å². The molecule has 0 unspecified atom stereocenters. The third-order valence-corrected chi connectivity index (χ3v) is 2.64. The molecule has 0 aromatic rings. The van der Waals surface area contributed by atoms with Crippen LogP contribution in [0.4, 0.5) is 0 Å². The number of alkyl halides is 2. The van der Waals surface area contributed by atoms with E-state index in [4.69, 9.17) is 5.11 Å². The minimum absolute atomic E-state index is 0.447. The molecule has 0 spiro atoms. The third kappa shape index (κ3) is 3.05. The number of rotatable bonds is 2. The fraction of sp³-hybridized carbons (Fsp3) is 0.667. The van der Waals surface area contributed by atoms with Gasteiger partial charge < -0.3 is 5.11 Å². The molecule has 0 amide bonds. The van der Waals surface area contributed by atoms with E-state index in [9.17, 15) is 4.79 Å². The van der Waals surface area contributed by atoms with Gasteiger partial charge in [-0.25, -0.2) is 0 Å². The number of carboxylic acid groups (broad SMARTS) is 1. The highest BCUT2D eigenvalue weighted by Gasteiger charge is 2.08. The number of hydrogen-bond donors (Lipinski definition) is 1. The summed E-state index contributed by atoms with van der Waals surface area (Å²) in [4.78, 5) is 9.40. The van der Waals surface area contributed by atoms with Crippen LogP contribution in [0.3, 0.4) is 0 Å². The summed E-state index contributed by atoms with van der Waals surface area (Å²) < 4.78 is 0. The first-order valence-electron chi connectivity index (χ1n) is 1.61. The van der Waals surface area contributed by atoms with Crippen LogP contribution in [-0.4, -0.2) is 21.2 Å². The SMILES string of the molecule is O=C(O)[C@@H](Br)CBr. The summed E-state index contributed by atoms with van der Waals surface area (Å²) in [6, 6.07) is 0. The van der Waals surface area contributed by atoms with Crippen molar-refractivity contribution < 1.29 is 9.90 Å². The van der Waals surface area contributed by atoms with E-state index >= 15 is 0 Å². The molecule has 0 saturated heterocycles. The van der Waals surface area contributed by atoms with Gasteiger partial charge in [-0.2, -0.15) is 0 Å². The van der Waals surface area contributed by atoms with Gasteiger partial charge in [0.1, 0.15) is 4.83 Å². The summed E-state index contributed by atoms with van der Waals surface area (Å²) in [6.45, 7) is 0. The van der Waals surface area contributed by atoms with E-state index in [1.54, 1.807) is 0 Å². The zero-order valence-corrected chi connectivity index (χ0v) is 6.57. The molecule has 0 fully saturated rings. The molecule has 0 aliphatic heterocycles. The van der Waals surface area contributed by atoms with Crippen molar-refractivity contribution in [2.75, 3.05) is 5.33 Å². The molecule has 0 bridgehead atoms. The van der Waals surface area contributed by atoms with E-state index in [0.717, 1.165) is 0 Å². The molecule has 7 heavy (non-hydrogen) atoms. The Balaban J connectivity index is 3.34. The first-order valence-corrected chi connectivity index (χ1v) is 3.65. The van der Waals surface area contributed by atoms with Crippen molar-refractivity contribution in [2.45, 2.75) is 4.83 Å². The third-order valence-electron chi connectivity index (χ3n) is 0.403. The highest BCUT2D eigenvalue weighted by Crippen LogP contribution is 2.01. The van der Waals surface area contributed by atoms with Gasteiger partial charge in [0, 0.05) is 5.33 Å². The average molecular weight is 232 g/mol. The van der Waals surface area contributed by atoms with Crippen molar-refractivity contribution >= 4 is 37.8 Å². The Morgan fingerprint density at radius 2 is 2.29 bits per heavy atom. The molecular formula is C3H4Br2O2. The Bertz CT molecular complexity index is 73.3. The van der Waals surface area contributed by atoms with Crippen LogP contribution in [0.15, 0.2) is 0 Å². The molecule has 0 aromatic carbocycles. The fourth-order valence-electron chi connectivity index (χ4n) is 0.0660. The van der Waals surface area contributed by atoms with Gasteiger partial charge in [0.05, 0.1) is 0 Å². The fourth-order valence-corrected chi connectivity index (χ4v) is 0.343. The Morgan fingerprint density at radius 1 is 1.86 bits per heavy atom. The van der Waals surface area contributed by atoms with Crippen LogP contribution in [0, 0.1) is 0 Å². The van der Waals surface area contributed by atoms with Crippen molar-refractivity contribution in [3.8, 4) is 0 Å². The van der Waals surface area contributed by atoms with Crippen LogP contribution in [-0.2, 0) is 4.79 Å². The van der Waals surface area contributed by atoms with Gasteiger partial charge in [0.15, 0.2) is 0 Å². The van der Waals surface area contributed by atoms with Crippen molar-refractivity contribution in [3.05, 3.63) is 0 Å². The van der Waals surface area contributed by atoms with Gasteiger partial charge in [0.25, 0.3) is 0 Å². The molecule has 2 nitrogen and oxygen atoms in total. The van der Waals surface area contributed by atoms with Gasteiger partial charge >= 0.3 is 5.97 Å². The predicted molar refractivity (Wildman–Crippen MR) is 34.1 cm³/mol. The summed E-state index contributed by atoms with van der Waals surface area (Å²) >= 11 is 5.88. The number of carboxylic acids is 1. The molecule has 0 saturated carbocycles. The molecule has 4 heteroatoms. The quantitative estimate of drug-likeness (QED) is 0.727. The largest absolute Gasteiger partial charge is 0.480 e. The second-order valence-corrected chi connectivity index (χ2v) is 2.71. The minimum atomic E-state index is -0.836. The zero-order valence-electron chi connectivity index (χ0n) is 3.40. The molecular weight excluding hydrogens is 228 g/mol. The summed E-state index contributed by atoms with van der Waals surface area (Å²) in [5, 5.41) is 8.55. The van der Waals surface area contributed by atoms with Crippen LogP contribution in [0.25, 0.3) is 0 Å². The predicted octanol–water partition coefficient (Wildman–Crippen LogP) is 1.23. The maximum atomic E-state index is 9.85. The summed E-state index contributed by atoms with van der Waals surface area (Å²) in [7, 11) is 0. The molecule has 0 rings (SSSR count). The Kier molecular flexibility index (Phi) is 3.65. The van der Waals surface area contributed by atoms with Crippen LogP contribution < -0.4 is 0 Å². The van der Waals surface area contributed by atoms with Crippen LogP contribution >= 0.6 is 31.9 Å². The summed E-state index contributed by atoms with van der Waals surface area (Å²) in [6.07, 6.45) is 0. The van der Waals surface area contributed by atoms with E-state index in [0.29, 0.717) is 5.33 Å². The van der Waals surface area contributed by atoms with Crippen LogP contribution in [0.5, 0.6) is 0 Å². The van der Waals surface area contributed by atoms with Gasteiger partial charge in [-0.1, -0.05) is 31.9 Å². The van der Waals surface area contributed by atoms with Gasteiger partial charge in [0.2, 0.25) is 0 Å². The molecule has 1 N–H and O–H groups in total. The van der Waals surface area contributed by atoms with Crippen molar-refractivity contribution in [1.82, 2.24) is 0 Å². The average Bonchev–Trinajstić information content (AvgIpc) is 1.65. The van der Waals surface area contributed by atoms with E-state index in [1.165, 1.54) is 0 Å². The highest BCUT2D eigenvalue weighted by molar-refractivity contribution is 9.12. The highest BCUT2D eigenvalue weighted by atomic mass is 79.9. The Morgan fingerprint density at radius 3 is 2.29 bits per heavy atom. The van der Waals surface area contributed by atoms with Gasteiger partial charge in [-0.05, 0) is 0 Å². The number of aliphatic carboxylic acids is 1. The van der Waals surface area contributed by atoms with Crippen LogP contribution in [0.2, 0.25) is 0 Å². The standard InChI is InChI=1S/C3H4Br2O2/c4-1-2(5)3(6)7/h2H,1H2,(H,6,7)/t2-/m0/s1. The monoisotopic (exact) mass is 230 g/mol. The normalized spacial score (nSPS) is 13.4. The molecule has 42 valence electrons. The van der Waals surface area contributed by atoms with Crippen molar-refractivity contribution in [1.29, 1.82) is 0 Å². The molecule has 1 atom stereocenters. The lowest BCUT2D eigenvalue weighted by molar-refractivity contribution is -0.135. The van der Waals surface area contributed by atoms with Gasteiger partial charge in [-0.3, -0.25) is 4.79 Å². The second-order valence-electron chi connectivity index (χ2n) is 0.960. The van der Waals surface area contributed by atoms with Crippen LogP contribution in [0.1, 0.15) is 0 Å². The van der Waals surface area contributed by atoms with Gasteiger partial charge in [-0.15, -0.1) is 0 Å². The van der Waals surface area contributed by atoms with E-state index in [1.807, 2.05) is 0 Å². The van der Waals surface area contributed by atoms with E-state index in [2.05, 4.69) is 31.9 Å². The lowest BCUT2D eigenvalue weighted by atomic mass is 10.5. The minimum Gasteiger partial charge on any atom is -0.480 e. The maximum absolute atomic E-state index is 9.85. The molecule has 0 heterocycles. The first-order chi connectivity index (χ1) is 3.18. The second kappa shape index (κ2) is 3.43. The molecule has 0 radical (unpaired) electrons. The Hall–Kier alpha value is 0.430. The smallest absolute Gasteiger partial charge is 0.318 e.